The number of carbonyl (C=O) groups is 2. The molecule has 18 heavy (non-hydrogen) atoms. The Bertz CT molecular complexity index is 449. The van der Waals surface area contributed by atoms with Gasteiger partial charge in [0.15, 0.2) is 12.9 Å². The van der Waals surface area contributed by atoms with E-state index in [-0.39, 0.29) is 17.4 Å². The topological polar surface area (TPSA) is 52.6 Å². The molecule has 0 fully saturated rings. The van der Waals surface area contributed by atoms with Gasteiger partial charge < -0.3 is 9.47 Å². The van der Waals surface area contributed by atoms with Crippen molar-refractivity contribution in [1.82, 2.24) is 0 Å². The summed E-state index contributed by atoms with van der Waals surface area (Å²) in [6.07, 6.45) is 0.628. The van der Waals surface area contributed by atoms with Crippen molar-refractivity contribution in [3.63, 3.8) is 0 Å². The minimum atomic E-state index is -0.561. The SMILES string of the molecule is CC(C)(C)OC(=O)COc1cccc(C=O)c1Cl. The maximum atomic E-state index is 11.4. The highest BCUT2D eigenvalue weighted by atomic mass is 35.5. The van der Waals surface area contributed by atoms with Crippen molar-refractivity contribution < 1.29 is 19.1 Å². The second-order valence-corrected chi connectivity index (χ2v) is 5.03. The maximum absolute atomic E-state index is 11.4. The summed E-state index contributed by atoms with van der Waals surface area (Å²) in [5.74, 6) is -0.206. The molecule has 0 radical (unpaired) electrons. The summed E-state index contributed by atoms with van der Waals surface area (Å²) in [6, 6.07) is 4.77. The van der Waals surface area contributed by atoms with E-state index in [0.717, 1.165) is 0 Å². The van der Waals surface area contributed by atoms with Crippen molar-refractivity contribution in [2.45, 2.75) is 26.4 Å². The van der Waals surface area contributed by atoms with E-state index in [1.54, 1.807) is 39.0 Å². The molecule has 0 bridgehead atoms. The molecular weight excluding hydrogens is 256 g/mol. The Hall–Kier alpha value is -1.55. The van der Waals surface area contributed by atoms with E-state index in [0.29, 0.717) is 11.8 Å². The summed E-state index contributed by atoms with van der Waals surface area (Å²) in [6.45, 7) is 5.06. The van der Waals surface area contributed by atoms with Gasteiger partial charge in [-0.25, -0.2) is 4.79 Å². The smallest absolute Gasteiger partial charge is 0.344 e. The fraction of sp³-hybridized carbons (Fsp3) is 0.385. The molecule has 5 heteroatoms. The lowest BCUT2D eigenvalue weighted by Crippen LogP contribution is -2.27. The Kier molecular flexibility index (Phi) is 4.73. The molecule has 0 heterocycles. The molecular formula is C13H15ClO4. The van der Waals surface area contributed by atoms with Crippen molar-refractivity contribution in [3.05, 3.63) is 28.8 Å². The van der Waals surface area contributed by atoms with Crippen molar-refractivity contribution >= 4 is 23.9 Å². The third-order valence-corrected chi connectivity index (χ3v) is 2.29. The van der Waals surface area contributed by atoms with Gasteiger partial charge in [-0.05, 0) is 32.9 Å². The average molecular weight is 271 g/mol. The van der Waals surface area contributed by atoms with Crippen molar-refractivity contribution in [2.75, 3.05) is 6.61 Å². The van der Waals surface area contributed by atoms with E-state index >= 15 is 0 Å². The summed E-state index contributed by atoms with van der Waals surface area (Å²) in [5, 5.41) is 0.191. The molecule has 0 atom stereocenters. The van der Waals surface area contributed by atoms with Gasteiger partial charge in [-0.15, -0.1) is 0 Å². The first-order valence-electron chi connectivity index (χ1n) is 5.42. The first-order chi connectivity index (χ1) is 8.33. The predicted molar refractivity (Wildman–Crippen MR) is 68.2 cm³/mol. The van der Waals surface area contributed by atoms with Crippen molar-refractivity contribution in [3.8, 4) is 5.75 Å². The normalized spacial score (nSPS) is 10.9. The van der Waals surface area contributed by atoms with Gasteiger partial charge >= 0.3 is 5.97 Å². The molecule has 0 saturated heterocycles. The van der Waals surface area contributed by atoms with Crippen LogP contribution in [0.5, 0.6) is 5.75 Å². The Balaban J connectivity index is 2.64. The predicted octanol–water partition coefficient (Wildman–Crippen LogP) is 2.87. The van der Waals surface area contributed by atoms with Crippen LogP contribution in [0.1, 0.15) is 31.1 Å². The van der Waals surface area contributed by atoms with Gasteiger partial charge in [-0.2, -0.15) is 0 Å². The van der Waals surface area contributed by atoms with Crippen LogP contribution in [0.4, 0.5) is 0 Å². The highest BCUT2D eigenvalue weighted by molar-refractivity contribution is 6.34. The van der Waals surface area contributed by atoms with Gasteiger partial charge in [0.2, 0.25) is 0 Å². The molecule has 0 aliphatic heterocycles. The zero-order chi connectivity index (χ0) is 13.8. The van der Waals surface area contributed by atoms with Gasteiger partial charge in [0.1, 0.15) is 11.4 Å². The average Bonchev–Trinajstić information content (AvgIpc) is 2.25. The third kappa shape index (κ3) is 4.37. The van der Waals surface area contributed by atoms with E-state index < -0.39 is 11.6 Å². The Labute approximate surface area is 111 Å². The summed E-state index contributed by atoms with van der Waals surface area (Å²) < 4.78 is 10.3. The van der Waals surface area contributed by atoms with Crippen LogP contribution >= 0.6 is 11.6 Å². The van der Waals surface area contributed by atoms with Crippen molar-refractivity contribution in [1.29, 1.82) is 0 Å². The second-order valence-electron chi connectivity index (χ2n) is 4.65. The van der Waals surface area contributed by atoms with Crippen LogP contribution in [-0.4, -0.2) is 24.5 Å². The van der Waals surface area contributed by atoms with Crippen LogP contribution in [0, 0.1) is 0 Å². The van der Waals surface area contributed by atoms with E-state index in [1.165, 1.54) is 0 Å². The zero-order valence-corrected chi connectivity index (χ0v) is 11.3. The highest BCUT2D eigenvalue weighted by Crippen LogP contribution is 2.27. The number of aldehydes is 1. The molecule has 0 aliphatic rings. The third-order valence-electron chi connectivity index (χ3n) is 1.89. The number of hydrogen-bond acceptors (Lipinski definition) is 4. The lowest BCUT2D eigenvalue weighted by atomic mass is 10.2. The first-order valence-corrected chi connectivity index (χ1v) is 5.79. The molecule has 0 aromatic heterocycles. The molecule has 1 rings (SSSR count). The fourth-order valence-electron chi connectivity index (χ4n) is 1.24. The van der Waals surface area contributed by atoms with Gasteiger partial charge in [-0.3, -0.25) is 4.79 Å². The van der Waals surface area contributed by atoms with E-state index in [2.05, 4.69) is 0 Å². The van der Waals surface area contributed by atoms with Gasteiger partial charge in [-0.1, -0.05) is 17.7 Å². The monoisotopic (exact) mass is 270 g/mol. The number of hydrogen-bond donors (Lipinski definition) is 0. The first kappa shape index (κ1) is 14.5. The molecule has 0 saturated carbocycles. The summed E-state index contributed by atoms with van der Waals surface area (Å²) in [7, 11) is 0. The van der Waals surface area contributed by atoms with Crippen LogP contribution in [0.15, 0.2) is 18.2 Å². The second kappa shape index (κ2) is 5.87. The largest absolute Gasteiger partial charge is 0.480 e. The highest BCUT2D eigenvalue weighted by Gasteiger charge is 2.17. The van der Waals surface area contributed by atoms with Gasteiger partial charge in [0, 0.05) is 5.56 Å². The summed E-state index contributed by atoms with van der Waals surface area (Å²) >= 11 is 5.92. The van der Waals surface area contributed by atoms with E-state index in [1.807, 2.05) is 0 Å². The molecule has 4 nitrogen and oxygen atoms in total. The zero-order valence-electron chi connectivity index (χ0n) is 10.5. The number of esters is 1. The molecule has 1 aromatic carbocycles. The Morgan fingerprint density at radius 2 is 2.06 bits per heavy atom. The number of carbonyl (C=O) groups excluding carboxylic acids is 2. The standard InChI is InChI=1S/C13H15ClO4/c1-13(2,3)18-11(16)8-17-10-6-4-5-9(7-15)12(10)14/h4-7H,8H2,1-3H3. The lowest BCUT2D eigenvalue weighted by Gasteiger charge is -2.19. The molecule has 0 aliphatic carbocycles. The van der Waals surface area contributed by atoms with Crippen LogP contribution in [0.25, 0.3) is 0 Å². The summed E-state index contributed by atoms with van der Waals surface area (Å²) in [4.78, 5) is 22.1. The number of halogens is 1. The molecule has 0 unspecified atom stereocenters. The van der Waals surface area contributed by atoms with E-state index in [4.69, 9.17) is 21.1 Å². The van der Waals surface area contributed by atoms with E-state index in [9.17, 15) is 9.59 Å². The Morgan fingerprint density at radius 3 is 2.61 bits per heavy atom. The molecule has 0 amide bonds. The number of ether oxygens (including phenoxy) is 2. The molecule has 1 aromatic rings. The minimum Gasteiger partial charge on any atom is -0.480 e. The van der Waals surface area contributed by atoms with Crippen LogP contribution in [0.2, 0.25) is 5.02 Å². The maximum Gasteiger partial charge on any atom is 0.344 e. The molecule has 98 valence electrons. The number of rotatable bonds is 4. The molecule has 0 N–H and O–H groups in total. The lowest BCUT2D eigenvalue weighted by molar-refractivity contribution is -0.157. The Morgan fingerprint density at radius 1 is 1.39 bits per heavy atom. The van der Waals surface area contributed by atoms with Crippen molar-refractivity contribution in [2.24, 2.45) is 0 Å². The van der Waals surface area contributed by atoms with Gasteiger partial charge in [0.05, 0.1) is 5.02 Å². The van der Waals surface area contributed by atoms with Crippen LogP contribution in [-0.2, 0) is 9.53 Å². The van der Waals surface area contributed by atoms with Crippen LogP contribution < -0.4 is 4.74 Å². The number of benzene rings is 1. The van der Waals surface area contributed by atoms with Gasteiger partial charge in [0.25, 0.3) is 0 Å². The fourth-order valence-corrected chi connectivity index (χ4v) is 1.46. The quantitative estimate of drug-likeness (QED) is 0.624. The molecule has 0 spiro atoms. The summed E-state index contributed by atoms with van der Waals surface area (Å²) in [5.41, 5.74) is -0.243. The minimum absolute atomic E-state index is 0.191. The van der Waals surface area contributed by atoms with Crippen LogP contribution in [0.3, 0.4) is 0 Å².